The Kier molecular flexibility index (Phi) is 7.77. The highest BCUT2D eigenvalue weighted by atomic mass is 32.1. The van der Waals surface area contributed by atoms with Gasteiger partial charge in [0.2, 0.25) is 0 Å². The first-order valence-electron chi connectivity index (χ1n) is 22.2. The molecule has 12 aromatic rings. The summed E-state index contributed by atoms with van der Waals surface area (Å²) in [6.45, 7) is 0. The SMILES string of the molecule is c1ccc(-n2c3ccccc3c3ccc(N(c4ccc(-c5ccc6c(c5)Oc5ccccc5C65c6ccccc6-c6ccccc65)cc4)c4cccc5c4sc4ccccc45)cc32)cc1. The van der Waals surface area contributed by atoms with Gasteiger partial charge in [0.15, 0.2) is 0 Å². The Bertz CT molecular complexity index is 3830. The number of fused-ring (bicyclic) bond motifs is 15. The number of thiophene rings is 1. The minimum absolute atomic E-state index is 0.485. The molecule has 14 rings (SSSR count). The molecule has 0 fully saturated rings. The zero-order chi connectivity index (χ0) is 42.6. The Morgan fingerprint density at radius 1 is 0.400 bits per heavy atom. The molecule has 0 radical (unpaired) electrons. The highest BCUT2D eigenvalue weighted by molar-refractivity contribution is 7.26. The van der Waals surface area contributed by atoms with E-state index in [0.29, 0.717) is 0 Å². The number of anilines is 3. The second-order valence-corrected chi connectivity index (χ2v) is 18.2. The lowest BCUT2D eigenvalue weighted by Gasteiger charge is -2.39. The molecule has 0 amide bonds. The summed E-state index contributed by atoms with van der Waals surface area (Å²) in [4.78, 5) is 2.44. The molecule has 10 aromatic carbocycles. The molecular formula is C61H38N2OS. The lowest BCUT2D eigenvalue weighted by Crippen LogP contribution is -2.32. The van der Waals surface area contributed by atoms with Crippen molar-refractivity contribution in [3.63, 3.8) is 0 Å². The van der Waals surface area contributed by atoms with Gasteiger partial charge in [0.25, 0.3) is 0 Å². The third kappa shape index (κ3) is 5.17. The van der Waals surface area contributed by atoms with E-state index in [1.54, 1.807) is 0 Å². The number of benzene rings is 10. The smallest absolute Gasteiger partial charge is 0.132 e. The summed E-state index contributed by atoms with van der Waals surface area (Å²) in [5.74, 6) is 1.78. The zero-order valence-electron chi connectivity index (χ0n) is 35.2. The molecule has 2 aliphatic rings. The van der Waals surface area contributed by atoms with Gasteiger partial charge in [0.1, 0.15) is 11.5 Å². The van der Waals surface area contributed by atoms with Crippen molar-refractivity contribution in [2.45, 2.75) is 5.41 Å². The minimum atomic E-state index is -0.485. The fraction of sp³-hybridized carbons (Fsp3) is 0.0164. The Hall–Kier alpha value is -8.18. The van der Waals surface area contributed by atoms with Crippen LogP contribution in [0, 0.1) is 0 Å². The van der Waals surface area contributed by atoms with Crippen molar-refractivity contribution >= 4 is 70.4 Å². The van der Waals surface area contributed by atoms with Gasteiger partial charge >= 0.3 is 0 Å². The van der Waals surface area contributed by atoms with Gasteiger partial charge in [0.05, 0.1) is 26.8 Å². The Labute approximate surface area is 380 Å². The van der Waals surface area contributed by atoms with E-state index in [-0.39, 0.29) is 0 Å². The van der Waals surface area contributed by atoms with E-state index in [1.165, 1.54) is 75.4 Å². The van der Waals surface area contributed by atoms with E-state index in [2.05, 4.69) is 240 Å². The number of hydrogen-bond acceptors (Lipinski definition) is 3. The predicted molar refractivity (Wildman–Crippen MR) is 271 cm³/mol. The summed E-state index contributed by atoms with van der Waals surface area (Å²) in [5, 5.41) is 5.02. The fourth-order valence-electron chi connectivity index (χ4n) is 11.1. The molecule has 2 aromatic heterocycles. The first-order valence-corrected chi connectivity index (χ1v) is 23.1. The molecular weight excluding hydrogens is 809 g/mol. The number of nitrogens with zero attached hydrogens (tertiary/aromatic N) is 2. The predicted octanol–water partition coefficient (Wildman–Crippen LogP) is 16.8. The average molecular weight is 847 g/mol. The quantitative estimate of drug-likeness (QED) is 0.172. The average Bonchev–Trinajstić information content (AvgIpc) is 4.02. The third-order valence-corrected chi connectivity index (χ3v) is 15.1. The summed E-state index contributed by atoms with van der Waals surface area (Å²) in [6.07, 6.45) is 0. The summed E-state index contributed by atoms with van der Waals surface area (Å²) >= 11 is 1.86. The van der Waals surface area contributed by atoms with Crippen LogP contribution in [-0.2, 0) is 5.41 Å². The van der Waals surface area contributed by atoms with E-state index in [1.807, 2.05) is 11.3 Å². The van der Waals surface area contributed by atoms with Gasteiger partial charge in [-0.25, -0.2) is 0 Å². The van der Waals surface area contributed by atoms with Gasteiger partial charge in [-0.05, 0) is 100 Å². The molecule has 3 heterocycles. The molecule has 0 saturated heterocycles. The van der Waals surface area contributed by atoms with Crippen LogP contribution in [0.4, 0.5) is 17.1 Å². The molecule has 65 heavy (non-hydrogen) atoms. The van der Waals surface area contributed by atoms with Crippen LogP contribution in [0.2, 0.25) is 0 Å². The lowest BCUT2D eigenvalue weighted by molar-refractivity contribution is 0.436. The molecule has 1 spiro atoms. The van der Waals surface area contributed by atoms with Gasteiger partial charge in [-0.15, -0.1) is 11.3 Å². The maximum atomic E-state index is 6.89. The van der Waals surface area contributed by atoms with Crippen LogP contribution in [-0.4, -0.2) is 4.57 Å². The number of ether oxygens (including phenoxy) is 1. The van der Waals surface area contributed by atoms with Crippen LogP contribution >= 0.6 is 11.3 Å². The Morgan fingerprint density at radius 3 is 1.83 bits per heavy atom. The highest BCUT2D eigenvalue weighted by Gasteiger charge is 2.50. The van der Waals surface area contributed by atoms with Gasteiger partial charge in [0, 0.05) is 54.4 Å². The number of hydrogen-bond donors (Lipinski definition) is 0. The first-order chi connectivity index (χ1) is 32.2. The summed E-state index contributed by atoms with van der Waals surface area (Å²) in [6, 6.07) is 84.2. The maximum absolute atomic E-state index is 6.89. The lowest BCUT2D eigenvalue weighted by atomic mass is 9.66. The number of aromatic nitrogens is 1. The van der Waals surface area contributed by atoms with Crippen LogP contribution in [0.25, 0.3) is 69.9 Å². The molecule has 0 N–H and O–H groups in total. The summed E-state index contributed by atoms with van der Waals surface area (Å²) < 4.78 is 11.8. The van der Waals surface area contributed by atoms with Crippen molar-refractivity contribution < 1.29 is 4.74 Å². The van der Waals surface area contributed by atoms with E-state index in [9.17, 15) is 0 Å². The number of para-hydroxylation sites is 3. The molecule has 304 valence electrons. The van der Waals surface area contributed by atoms with Crippen molar-refractivity contribution in [2.75, 3.05) is 4.90 Å². The van der Waals surface area contributed by atoms with Crippen molar-refractivity contribution in [3.8, 4) is 39.4 Å². The van der Waals surface area contributed by atoms with Gasteiger partial charge in [-0.1, -0.05) is 164 Å². The van der Waals surface area contributed by atoms with Crippen molar-refractivity contribution in [1.29, 1.82) is 0 Å². The Balaban J connectivity index is 0.934. The monoisotopic (exact) mass is 846 g/mol. The normalized spacial score (nSPS) is 13.2. The molecule has 1 aliphatic heterocycles. The highest BCUT2D eigenvalue weighted by Crippen LogP contribution is 2.62. The second-order valence-electron chi connectivity index (χ2n) is 17.2. The fourth-order valence-corrected chi connectivity index (χ4v) is 12.3. The van der Waals surface area contributed by atoms with Crippen LogP contribution in [0.5, 0.6) is 11.5 Å². The maximum Gasteiger partial charge on any atom is 0.132 e. The second kappa shape index (κ2) is 13.9. The topological polar surface area (TPSA) is 17.4 Å². The molecule has 0 atom stereocenters. The molecule has 0 saturated carbocycles. The van der Waals surface area contributed by atoms with Gasteiger partial charge in [-0.2, -0.15) is 0 Å². The first kappa shape index (κ1) is 36.3. The largest absolute Gasteiger partial charge is 0.457 e. The van der Waals surface area contributed by atoms with Crippen LogP contribution in [0.1, 0.15) is 22.3 Å². The van der Waals surface area contributed by atoms with E-state index >= 15 is 0 Å². The van der Waals surface area contributed by atoms with E-state index in [0.717, 1.165) is 45.4 Å². The molecule has 4 heteroatoms. The van der Waals surface area contributed by atoms with Crippen LogP contribution in [0.15, 0.2) is 231 Å². The molecule has 3 nitrogen and oxygen atoms in total. The summed E-state index contributed by atoms with van der Waals surface area (Å²) in [7, 11) is 0. The number of rotatable bonds is 5. The molecule has 0 unspecified atom stereocenters. The van der Waals surface area contributed by atoms with E-state index < -0.39 is 5.41 Å². The third-order valence-electron chi connectivity index (χ3n) is 13.9. The standard InChI is InChI=1S/C61H38N2OS/c1-2-15-41(16-3-1)63-54-25-11-6-19-46(54)47-35-34-43(38-56(47)63)62(55-26-14-21-49-48-20-7-13-28-59(48)65-60(49)55)42-32-29-39(30-33-42)40-31-36-53-58(37-40)64-57-27-12-10-24-52(57)61(53)50-22-8-4-17-44(50)45-18-5-9-23-51(45)61/h1-38H. The van der Waals surface area contributed by atoms with Crippen LogP contribution < -0.4 is 9.64 Å². The van der Waals surface area contributed by atoms with Crippen LogP contribution in [0.3, 0.4) is 0 Å². The van der Waals surface area contributed by atoms with Crippen molar-refractivity contribution in [3.05, 3.63) is 253 Å². The Morgan fingerprint density at radius 2 is 1.02 bits per heavy atom. The van der Waals surface area contributed by atoms with Crippen molar-refractivity contribution in [2.24, 2.45) is 0 Å². The van der Waals surface area contributed by atoms with Gasteiger partial charge in [-0.3, -0.25) is 0 Å². The zero-order valence-corrected chi connectivity index (χ0v) is 36.0. The molecule has 0 bridgehead atoms. The van der Waals surface area contributed by atoms with Gasteiger partial charge < -0.3 is 14.2 Å². The molecule has 1 aliphatic carbocycles. The van der Waals surface area contributed by atoms with Crippen molar-refractivity contribution in [1.82, 2.24) is 4.57 Å². The van der Waals surface area contributed by atoms with E-state index in [4.69, 9.17) is 4.74 Å². The minimum Gasteiger partial charge on any atom is -0.457 e. The summed E-state index contributed by atoms with van der Waals surface area (Å²) in [5.41, 5.74) is 16.1.